The number of aromatic nitrogens is 1. The quantitative estimate of drug-likeness (QED) is 0.914. The van der Waals surface area contributed by atoms with Gasteiger partial charge in [-0.05, 0) is 43.2 Å². The first-order chi connectivity index (χ1) is 11.1. The number of pyridine rings is 1. The molecule has 4 heteroatoms. The Morgan fingerprint density at radius 2 is 2.22 bits per heavy atom. The monoisotopic (exact) mass is 308 g/mol. The van der Waals surface area contributed by atoms with Gasteiger partial charge in [-0.1, -0.05) is 24.3 Å². The van der Waals surface area contributed by atoms with E-state index in [1.165, 1.54) is 29.8 Å². The highest BCUT2D eigenvalue weighted by molar-refractivity contribution is 5.93. The van der Waals surface area contributed by atoms with Crippen LogP contribution in [0.5, 0.6) is 0 Å². The van der Waals surface area contributed by atoms with E-state index in [2.05, 4.69) is 34.6 Å². The molecule has 1 spiro atoms. The minimum absolute atomic E-state index is 0.192. The molecular weight excluding hydrogens is 288 g/mol. The first kappa shape index (κ1) is 14.2. The molecule has 0 bridgehead atoms. The van der Waals surface area contributed by atoms with Gasteiger partial charge in [0.15, 0.2) is 5.43 Å². The van der Waals surface area contributed by atoms with Crippen molar-refractivity contribution in [2.45, 2.75) is 31.6 Å². The molecule has 1 amide bonds. The van der Waals surface area contributed by atoms with Gasteiger partial charge >= 0.3 is 0 Å². The topological polar surface area (TPSA) is 62.0 Å². The Morgan fingerprint density at radius 3 is 3.04 bits per heavy atom. The molecule has 2 aromatic rings. The van der Waals surface area contributed by atoms with Crippen molar-refractivity contribution in [3.8, 4) is 0 Å². The van der Waals surface area contributed by atoms with Gasteiger partial charge in [0.2, 0.25) is 0 Å². The predicted molar refractivity (Wildman–Crippen MR) is 88.7 cm³/mol. The fraction of sp³-hybridized carbons (Fsp3) is 0.368. The first-order valence-electron chi connectivity index (χ1n) is 8.16. The number of benzene rings is 1. The number of amides is 1. The van der Waals surface area contributed by atoms with Crippen LogP contribution in [0.2, 0.25) is 0 Å². The summed E-state index contributed by atoms with van der Waals surface area (Å²) in [6.07, 6.45) is 4.95. The van der Waals surface area contributed by atoms with Crippen LogP contribution in [0.3, 0.4) is 0 Å². The molecule has 1 heterocycles. The number of carbonyl (C=O) groups excluding carboxylic acids is 1. The first-order valence-corrected chi connectivity index (χ1v) is 8.16. The molecule has 1 fully saturated rings. The van der Waals surface area contributed by atoms with Crippen molar-refractivity contribution in [3.05, 3.63) is 69.1 Å². The van der Waals surface area contributed by atoms with Gasteiger partial charge in [-0.15, -0.1) is 0 Å². The van der Waals surface area contributed by atoms with E-state index < -0.39 is 0 Å². The average Bonchev–Trinajstić information content (AvgIpc) is 3.12. The van der Waals surface area contributed by atoms with Gasteiger partial charge in [-0.2, -0.15) is 0 Å². The molecule has 1 aromatic heterocycles. The number of fused-ring (bicyclic) bond motifs is 2. The third-order valence-electron chi connectivity index (χ3n) is 5.44. The second kappa shape index (κ2) is 5.08. The van der Waals surface area contributed by atoms with E-state index in [1.807, 2.05) is 0 Å². The van der Waals surface area contributed by atoms with Gasteiger partial charge in [0, 0.05) is 29.9 Å². The zero-order chi connectivity index (χ0) is 16.0. The molecule has 2 N–H and O–H groups in total. The van der Waals surface area contributed by atoms with E-state index in [0.717, 1.165) is 18.5 Å². The maximum absolute atomic E-state index is 12.2. The summed E-state index contributed by atoms with van der Waals surface area (Å²) in [5, 5.41) is 2.94. The van der Waals surface area contributed by atoms with Crippen molar-refractivity contribution in [2.75, 3.05) is 6.54 Å². The van der Waals surface area contributed by atoms with E-state index in [0.29, 0.717) is 12.5 Å². The normalized spacial score (nSPS) is 24.5. The van der Waals surface area contributed by atoms with Crippen molar-refractivity contribution in [2.24, 2.45) is 5.92 Å². The zero-order valence-electron chi connectivity index (χ0n) is 13.2. The van der Waals surface area contributed by atoms with Crippen LogP contribution in [0.25, 0.3) is 0 Å². The van der Waals surface area contributed by atoms with Crippen LogP contribution in [0.4, 0.5) is 0 Å². The Balaban J connectivity index is 1.44. The van der Waals surface area contributed by atoms with Gasteiger partial charge in [0.25, 0.3) is 5.91 Å². The number of nitrogens with one attached hydrogen (secondary N) is 2. The average molecular weight is 308 g/mol. The number of hydrogen-bond donors (Lipinski definition) is 2. The SMILES string of the molecule is Cc1cc(=O)c(C(=O)NC[C@@H]2C[C@]23CCc2ccccc23)c[nH]1. The predicted octanol–water partition coefficient (Wildman–Crippen LogP) is 2.32. The van der Waals surface area contributed by atoms with Crippen molar-refractivity contribution < 1.29 is 4.79 Å². The molecule has 2 aliphatic carbocycles. The van der Waals surface area contributed by atoms with Crippen LogP contribution in [0.15, 0.2) is 41.3 Å². The van der Waals surface area contributed by atoms with E-state index in [1.54, 1.807) is 6.92 Å². The molecule has 1 aromatic carbocycles. The Kier molecular flexibility index (Phi) is 3.15. The molecule has 4 rings (SSSR count). The number of rotatable bonds is 3. The standard InChI is InChI=1S/C19H20N2O2/c1-12-8-17(22)15(11-20-12)18(23)21-10-14-9-19(14)7-6-13-4-2-3-5-16(13)19/h2-5,8,11,14H,6-7,9-10H2,1H3,(H,20,22)(H,21,23)/t14-,19+/m0/s1. The van der Waals surface area contributed by atoms with Gasteiger partial charge in [-0.3, -0.25) is 9.59 Å². The molecule has 2 atom stereocenters. The van der Waals surface area contributed by atoms with Crippen LogP contribution in [0, 0.1) is 12.8 Å². The fourth-order valence-corrected chi connectivity index (χ4v) is 4.06. The van der Waals surface area contributed by atoms with Crippen LogP contribution < -0.4 is 10.7 Å². The molecule has 0 aliphatic heterocycles. The molecule has 1 saturated carbocycles. The summed E-state index contributed by atoms with van der Waals surface area (Å²) in [6.45, 7) is 2.44. The number of aryl methyl sites for hydroxylation is 2. The Morgan fingerprint density at radius 1 is 1.39 bits per heavy atom. The minimum Gasteiger partial charge on any atom is -0.364 e. The third kappa shape index (κ3) is 2.29. The molecule has 0 unspecified atom stereocenters. The lowest BCUT2D eigenvalue weighted by Crippen LogP contribution is -2.31. The summed E-state index contributed by atoms with van der Waals surface area (Å²) in [4.78, 5) is 27.0. The largest absolute Gasteiger partial charge is 0.364 e. The highest BCUT2D eigenvalue weighted by Crippen LogP contribution is 2.61. The summed E-state index contributed by atoms with van der Waals surface area (Å²) in [5.74, 6) is 0.208. The number of hydrogen-bond acceptors (Lipinski definition) is 2. The maximum Gasteiger partial charge on any atom is 0.256 e. The Labute approximate surface area is 134 Å². The van der Waals surface area contributed by atoms with Gasteiger partial charge in [0.1, 0.15) is 5.56 Å². The van der Waals surface area contributed by atoms with Crippen molar-refractivity contribution >= 4 is 5.91 Å². The minimum atomic E-state index is -0.278. The Hall–Kier alpha value is -2.36. The van der Waals surface area contributed by atoms with E-state index in [4.69, 9.17) is 0 Å². The van der Waals surface area contributed by atoms with E-state index in [9.17, 15) is 9.59 Å². The van der Waals surface area contributed by atoms with Crippen molar-refractivity contribution in [1.82, 2.24) is 10.3 Å². The summed E-state index contributed by atoms with van der Waals surface area (Å²) >= 11 is 0. The Bertz CT molecular complexity index is 839. The van der Waals surface area contributed by atoms with Crippen molar-refractivity contribution in [1.29, 1.82) is 0 Å². The molecular formula is C19H20N2O2. The van der Waals surface area contributed by atoms with Gasteiger partial charge in [-0.25, -0.2) is 0 Å². The lowest BCUT2D eigenvalue weighted by Gasteiger charge is -2.12. The van der Waals surface area contributed by atoms with Gasteiger partial charge in [0.05, 0.1) is 0 Å². The number of H-pyrrole nitrogens is 1. The maximum atomic E-state index is 12.2. The molecule has 2 aliphatic rings. The van der Waals surface area contributed by atoms with E-state index >= 15 is 0 Å². The zero-order valence-corrected chi connectivity index (χ0v) is 13.2. The second-order valence-corrected chi connectivity index (χ2v) is 6.82. The second-order valence-electron chi connectivity index (χ2n) is 6.82. The molecule has 118 valence electrons. The fourth-order valence-electron chi connectivity index (χ4n) is 4.06. The lowest BCUT2D eigenvalue weighted by molar-refractivity contribution is 0.0949. The van der Waals surface area contributed by atoms with Crippen LogP contribution in [0.1, 0.15) is 40.0 Å². The molecule has 23 heavy (non-hydrogen) atoms. The highest BCUT2D eigenvalue weighted by atomic mass is 16.2. The molecule has 4 nitrogen and oxygen atoms in total. The smallest absolute Gasteiger partial charge is 0.256 e. The molecule has 0 radical (unpaired) electrons. The lowest BCUT2D eigenvalue weighted by atomic mass is 9.95. The van der Waals surface area contributed by atoms with Crippen LogP contribution >= 0.6 is 0 Å². The van der Waals surface area contributed by atoms with Crippen molar-refractivity contribution in [3.63, 3.8) is 0 Å². The van der Waals surface area contributed by atoms with E-state index in [-0.39, 0.29) is 22.3 Å². The molecule has 0 saturated heterocycles. The van der Waals surface area contributed by atoms with Crippen LogP contribution in [-0.4, -0.2) is 17.4 Å². The summed E-state index contributed by atoms with van der Waals surface area (Å²) in [6, 6.07) is 10.1. The van der Waals surface area contributed by atoms with Gasteiger partial charge < -0.3 is 10.3 Å². The number of aromatic amines is 1. The number of carbonyl (C=O) groups is 1. The third-order valence-corrected chi connectivity index (χ3v) is 5.44. The highest BCUT2D eigenvalue weighted by Gasteiger charge is 2.57. The summed E-state index contributed by atoms with van der Waals surface area (Å²) in [7, 11) is 0. The summed E-state index contributed by atoms with van der Waals surface area (Å²) < 4.78 is 0. The van der Waals surface area contributed by atoms with Crippen LogP contribution in [-0.2, 0) is 11.8 Å². The summed E-state index contributed by atoms with van der Waals surface area (Å²) in [5.41, 5.74) is 3.91.